The first-order valence-corrected chi connectivity index (χ1v) is 8.91. The van der Waals surface area contributed by atoms with Crippen LogP contribution in [0.4, 0.5) is 11.4 Å². The summed E-state index contributed by atoms with van der Waals surface area (Å²) in [7, 11) is -2.04. The van der Waals surface area contributed by atoms with Crippen molar-refractivity contribution in [2.75, 3.05) is 30.8 Å². The maximum absolute atomic E-state index is 11.8. The minimum absolute atomic E-state index is 0.211. The zero-order valence-electron chi connectivity index (χ0n) is 13.0. The molecular weight excluding hydrogens is 286 g/mol. The van der Waals surface area contributed by atoms with E-state index >= 15 is 0 Å². The first-order valence-electron chi connectivity index (χ1n) is 7.43. The van der Waals surface area contributed by atoms with Gasteiger partial charge in [0.15, 0.2) is 0 Å². The molecule has 3 N–H and O–H groups in total. The van der Waals surface area contributed by atoms with E-state index in [9.17, 15) is 8.42 Å². The lowest BCUT2D eigenvalue weighted by Crippen LogP contribution is -2.35. The quantitative estimate of drug-likeness (QED) is 0.835. The zero-order valence-corrected chi connectivity index (χ0v) is 13.8. The second-order valence-corrected chi connectivity index (χ2v) is 7.88. The van der Waals surface area contributed by atoms with E-state index in [1.807, 2.05) is 6.07 Å². The van der Waals surface area contributed by atoms with Gasteiger partial charge in [-0.3, -0.25) is 0 Å². The van der Waals surface area contributed by atoms with Crippen LogP contribution in [0.5, 0.6) is 0 Å². The maximum atomic E-state index is 11.8. The Bertz CT molecular complexity index is 591. The summed E-state index contributed by atoms with van der Waals surface area (Å²) in [4.78, 5) is 2.47. The summed E-state index contributed by atoms with van der Waals surface area (Å²) in [6.07, 6.45) is 2.32. The molecule has 0 atom stereocenters. The fourth-order valence-corrected chi connectivity index (χ4v) is 3.68. The standard InChI is InChI=1S/C15H25N3O2S/c1-11(2)12-6-8-18(9-7-12)15-5-4-13(10-14(15)16)21(19,20)17-3/h4-5,10-12,17H,6-9,16H2,1-3H3. The molecule has 1 aliphatic rings. The molecule has 2 rings (SSSR count). The topological polar surface area (TPSA) is 75.4 Å². The predicted octanol–water partition coefficient (Wildman–Crippen LogP) is 2.05. The van der Waals surface area contributed by atoms with Crippen molar-refractivity contribution in [3.63, 3.8) is 0 Å². The van der Waals surface area contributed by atoms with Crippen LogP contribution in [0.1, 0.15) is 26.7 Å². The van der Waals surface area contributed by atoms with Gasteiger partial charge in [-0.15, -0.1) is 0 Å². The van der Waals surface area contributed by atoms with Crippen molar-refractivity contribution in [3.8, 4) is 0 Å². The summed E-state index contributed by atoms with van der Waals surface area (Å²) >= 11 is 0. The lowest BCUT2D eigenvalue weighted by molar-refractivity contribution is 0.311. The zero-order chi connectivity index (χ0) is 15.6. The van der Waals surface area contributed by atoms with E-state index in [1.54, 1.807) is 6.07 Å². The predicted molar refractivity (Wildman–Crippen MR) is 86.9 cm³/mol. The summed E-state index contributed by atoms with van der Waals surface area (Å²) in [6, 6.07) is 4.97. The number of nitrogens with one attached hydrogen (secondary N) is 1. The van der Waals surface area contributed by atoms with Crippen LogP contribution in [-0.4, -0.2) is 28.6 Å². The number of sulfonamides is 1. The van der Waals surface area contributed by atoms with Crippen LogP contribution in [0.15, 0.2) is 23.1 Å². The highest BCUT2D eigenvalue weighted by Crippen LogP contribution is 2.32. The summed E-state index contributed by atoms with van der Waals surface area (Å²) < 4.78 is 25.9. The number of piperidine rings is 1. The van der Waals surface area contributed by atoms with Crippen molar-refractivity contribution < 1.29 is 8.42 Å². The average molecular weight is 311 g/mol. The van der Waals surface area contributed by atoms with E-state index in [1.165, 1.54) is 13.1 Å². The molecular formula is C15H25N3O2S. The molecule has 0 amide bonds. The molecule has 0 bridgehead atoms. The van der Waals surface area contributed by atoms with E-state index in [2.05, 4.69) is 23.5 Å². The Balaban J connectivity index is 2.16. The van der Waals surface area contributed by atoms with Crippen LogP contribution >= 0.6 is 0 Å². The van der Waals surface area contributed by atoms with E-state index in [-0.39, 0.29) is 4.90 Å². The number of benzene rings is 1. The Labute approximate surface area is 127 Å². The van der Waals surface area contributed by atoms with Gasteiger partial charge in [-0.05, 0) is 49.9 Å². The second kappa shape index (κ2) is 6.23. The van der Waals surface area contributed by atoms with Gasteiger partial charge in [-0.1, -0.05) is 13.8 Å². The first-order chi connectivity index (χ1) is 9.85. The lowest BCUT2D eigenvalue weighted by atomic mass is 9.86. The molecule has 0 aromatic heterocycles. The minimum atomic E-state index is -3.44. The molecule has 1 heterocycles. The van der Waals surface area contributed by atoms with Gasteiger partial charge in [0.25, 0.3) is 0 Å². The fraction of sp³-hybridized carbons (Fsp3) is 0.600. The van der Waals surface area contributed by atoms with E-state index in [4.69, 9.17) is 5.73 Å². The third kappa shape index (κ3) is 3.49. The number of nitrogens with zero attached hydrogens (tertiary/aromatic N) is 1. The highest BCUT2D eigenvalue weighted by Gasteiger charge is 2.23. The number of hydrogen-bond acceptors (Lipinski definition) is 4. The van der Waals surface area contributed by atoms with E-state index in [0.29, 0.717) is 11.6 Å². The fourth-order valence-electron chi connectivity index (χ4n) is 2.91. The molecule has 0 spiro atoms. The Hall–Kier alpha value is -1.27. The monoisotopic (exact) mass is 311 g/mol. The number of nitrogen functional groups attached to an aromatic ring is 1. The van der Waals surface area contributed by atoms with Crippen molar-refractivity contribution in [2.45, 2.75) is 31.6 Å². The third-order valence-corrected chi connectivity index (χ3v) is 5.81. The largest absolute Gasteiger partial charge is 0.397 e. The second-order valence-electron chi connectivity index (χ2n) is 6.00. The Morgan fingerprint density at radius 2 is 1.90 bits per heavy atom. The Morgan fingerprint density at radius 3 is 2.38 bits per heavy atom. The van der Waals surface area contributed by atoms with Crippen LogP contribution in [0.3, 0.4) is 0 Å². The molecule has 0 unspecified atom stereocenters. The number of nitrogens with two attached hydrogens (primary N) is 1. The van der Waals surface area contributed by atoms with E-state index in [0.717, 1.165) is 37.5 Å². The van der Waals surface area contributed by atoms with Crippen LogP contribution in [-0.2, 0) is 10.0 Å². The van der Waals surface area contributed by atoms with Gasteiger partial charge in [-0.25, -0.2) is 13.1 Å². The Kier molecular flexibility index (Phi) is 4.78. The molecule has 0 aliphatic carbocycles. The number of hydrogen-bond donors (Lipinski definition) is 2. The molecule has 0 radical (unpaired) electrons. The van der Waals surface area contributed by atoms with Crippen molar-refractivity contribution in [3.05, 3.63) is 18.2 Å². The molecule has 1 aromatic rings. The van der Waals surface area contributed by atoms with Crippen molar-refractivity contribution >= 4 is 21.4 Å². The summed E-state index contributed by atoms with van der Waals surface area (Å²) in [5.74, 6) is 1.49. The molecule has 6 heteroatoms. The van der Waals surface area contributed by atoms with Gasteiger partial charge in [0, 0.05) is 13.1 Å². The maximum Gasteiger partial charge on any atom is 0.240 e. The summed E-state index contributed by atoms with van der Waals surface area (Å²) in [5, 5.41) is 0. The van der Waals surface area contributed by atoms with Gasteiger partial charge < -0.3 is 10.6 Å². The SMILES string of the molecule is CNS(=O)(=O)c1ccc(N2CCC(C(C)C)CC2)c(N)c1. The normalized spacial score (nSPS) is 17.4. The van der Waals surface area contributed by atoms with Gasteiger partial charge in [0.2, 0.25) is 10.0 Å². The molecule has 1 saturated heterocycles. The first kappa shape index (κ1) is 16.1. The van der Waals surface area contributed by atoms with Crippen molar-refractivity contribution in [2.24, 2.45) is 11.8 Å². The molecule has 118 valence electrons. The molecule has 1 fully saturated rings. The highest BCUT2D eigenvalue weighted by atomic mass is 32.2. The molecule has 1 aromatic carbocycles. The summed E-state index contributed by atoms with van der Waals surface area (Å²) in [6.45, 7) is 6.49. The van der Waals surface area contributed by atoms with Crippen LogP contribution in [0.25, 0.3) is 0 Å². The number of rotatable bonds is 4. The molecule has 5 nitrogen and oxygen atoms in total. The highest BCUT2D eigenvalue weighted by molar-refractivity contribution is 7.89. The molecule has 0 saturated carbocycles. The number of anilines is 2. The Morgan fingerprint density at radius 1 is 1.29 bits per heavy atom. The average Bonchev–Trinajstić information content (AvgIpc) is 2.47. The van der Waals surface area contributed by atoms with Gasteiger partial charge >= 0.3 is 0 Å². The van der Waals surface area contributed by atoms with Gasteiger partial charge in [0.1, 0.15) is 0 Å². The van der Waals surface area contributed by atoms with Crippen molar-refractivity contribution in [1.29, 1.82) is 0 Å². The van der Waals surface area contributed by atoms with Gasteiger partial charge in [-0.2, -0.15) is 0 Å². The summed E-state index contributed by atoms with van der Waals surface area (Å²) in [5.41, 5.74) is 7.52. The van der Waals surface area contributed by atoms with Crippen molar-refractivity contribution in [1.82, 2.24) is 4.72 Å². The minimum Gasteiger partial charge on any atom is -0.397 e. The lowest BCUT2D eigenvalue weighted by Gasteiger charge is -2.36. The van der Waals surface area contributed by atoms with Gasteiger partial charge in [0.05, 0.1) is 16.3 Å². The smallest absolute Gasteiger partial charge is 0.240 e. The van der Waals surface area contributed by atoms with Crippen LogP contribution < -0.4 is 15.4 Å². The van der Waals surface area contributed by atoms with E-state index < -0.39 is 10.0 Å². The van der Waals surface area contributed by atoms with Crippen LogP contribution in [0.2, 0.25) is 0 Å². The molecule has 21 heavy (non-hydrogen) atoms. The third-order valence-electron chi connectivity index (χ3n) is 4.40. The molecule has 1 aliphatic heterocycles. The van der Waals surface area contributed by atoms with Crippen LogP contribution in [0, 0.1) is 11.8 Å².